The molecule has 196 valence electrons. The average Bonchev–Trinajstić information content (AvgIpc) is 3.79. The molecular formula is C37H28N4. The SMILES string of the molecule is C1=Cc2cc3ccc(cc4cc(-c5cccc6ccccc56)c(cc5nc(cc1n2)C=C5)[nH]4)[nH]3.Cc1ccccc1. The molecule has 0 saturated heterocycles. The van der Waals surface area contributed by atoms with E-state index in [4.69, 9.17) is 9.97 Å². The molecule has 3 aromatic carbocycles. The van der Waals surface area contributed by atoms with Crippen LogP contribution in [0.25, 0.3) is 68.3 Å². The normalized spacial score (nSPS) is 11.8. The van der Waals surface area contributed by atoms with Crippen LogP contribution in [0, 0.1) is 6.92 Å². The lowest BCUT2D eigenvalue weighted by atomic mass is 9.99. The number of aryl methyl sites for hydroxylation is 1. The van der Waals surface area contributed by atoms with E-state index in [9.17, 15) is 0 Å². The number of benzene rings is 3. The quantitative estimate of drug-likeness (QED) is 0.223. The molecule has 0 unspecified atom stereocenters. The van der Waals surface area contributed by atoms with E-state index in [0.29, 0.717) is 0 Å². The standard InChI is InChI=1S/C30H20N4.C7H8/c1-2-6-27-19(4-1)5-3-7-28(27)29-17-26-16-24-11-10-22(32-24)14-20-8-9-21(31-20)15-23-12-13-25(33-23)18-30(29)34-26;1-7-5-3-2-4-6-7/h1-18,32,34H;2-6H,1H3. The van der Waals surface area contributed by atoms with Crippen LogP contribution >= 0.6 is 0 Å². The predicted molar refractivity (Wildman–Crippen MR) is 173 cm³/mol. The van der Waals surface area contributed by atoms with Crippen molar-refractivity contribution in [2.24, 2.45) is 0 Å². The summed E-state index contributed by atoms with van der Waals surface area (Å²) < 4.78 is 0. The Hall–Kier alpha value is -5.48. The number of aromatic nitrogens is 4. The van der Waals surface area contributed by atoms with Crippen LogP contribution in [-0.2, 0) is 0 Å². The highest BCUT2D eigenvalue weighted by molar-refractivity contribution is 6.02. The summed E-state index contributed by atoms with van der Waals surface area (Å²) in [5.74, 6) is 0. The molecule has 41 heavy (non-hydrogen) atoms. The van der Waals surface area contributed by atoms with Crippen molar-refractivity contribution in [1.82, 2.24) is 19.9 Å². The van der Waals surface area contributed by atoms with Crippen LogP contribution in [0.3, 0.4) is 0 Å². The maximum absolute atomic E-state index is 4.82. The van der Waals surface area contributed by atoms with Gasteiger partial charge in [-0.2, -0.15) is 0 Å². The van der Waals surface area contributed by atoms with Crippen molar-refractivity contribution in [3.63, 3.8) is 0 Å². The van der Waals surface area contributed by atoms with Gasteiger partial charge in [-0.3, -0.25) is 0 Å². The Morgan fingerprint density at radius 1 is 0.463 bits per heavy atom. The van der Waals surface area contributed by atoms with Crippen molar-refractivity contribution in [3.8, 4) is 11.1 Å². The molecule has 4 heteroatoms. The lowest BCUT2D eigenvalue weighted by Crippen LogP contribution is -1.80. The molecule has 0 spiro atoms. The summed E-state index contributed by atoms with van der Waals surface area (Å²) in [6.07, 6.45) is 8.13. The van der Waals surface area contributed by atoms with Gasteiger partial charge in [0.1, 0.15) is 0 Å². The molecule has 2 aliphatic heterocycles. The molecule has 0 atom stereocenters. The second-order valence-corrected chi connectivity index (χ2v) is 10.3. The highest BCUT2D eigenvalue weighted by atomic mass is 14.8. The molecular weight excluding hydrogens is 500 g/mol. The molecule has 0 fully saturated rings. The number of nitrogens with zero attached hydrogens (tertiary/aromatic N) is 2. The molecule has 0 radical (unpaired) electrons. The Labute approximate surface area is 238 Å². The summed E-state index contributed by atoms with van der Waals surface area (Å²) in [6, 6.07) is 40.0. The van der Waals surface area contributed by atoms with Crippen LogP contribution in [0.1, 0.15) is 28.3 Å². The average molecular weight is 529 g/mol. The minimum absolute atomic E-state index is 0.898. The van der Waals surface area contributed by atoms with Crippen molar-refractivity contribution in [1.29, 1.82) is 0 Å². The summed E-state index contributed by atoms with van der Waals surface area (Å²) in [4.78, 5) is 16.6. The first-order valence-electron chi connectivity index (χ1n) is 13.7. The number of hydrogen-bond acceptors (Lipinski definition) is 2. The number of nitrogens with one attached hydrogen (secondary N) is 2. The first-order valence-corrected chi connectivity index (χ1v) is 13.7. The molecule has 3 aromatic heterocycles. The zero-order valence-electron chi connectivity index (χ0n) is 22.7. The highest BCUT2D eigenvalue weighted by Crippen LogP contribution is 2.33. The topological polar surface area (TPSA) is 57.4 Å². The van der Waals surface area contributed by atoms with Crippen LogP contribution < -0.4 is 0 Å². The van der Waals surface area contributed by atoms with E-state index in [2.05, 4.69) is 108 Å². The van der Waals surface area contributed by atoms with Crippen molar-refractivity contribution >= 4 is 57.1 Å². The van der Waals surface area contributed by atoms with Gasteiger partial charge >= 0.3 is 0 Å². The molecule has 8 rings (SSSR count). The third kappa shape index (κ3) is 5.36. The maximum atomic E-state index is 4.82. The maximum Gasteiger partial charge on any atom is 0.0659 e. The number of H-pyrrole nitrogens is 2. The van der Waals surface area contributed by atoms with Crippen molar-refractivity contribution in [3.05, 3.63) is 144 Å². The predicted octanol–water partition coefficient (Wildman–Crippen LogP) is 9.47. The van der Waals surface area contributed by atoms with E-state index in [1.807, 2.05) is 48.6 Å². The van der Waals surface area contributed by atoms with E-state index in [0.717, 1.165) is 50.4 Å². The number of aromatic amines is 2. The smallest absolute Gasteiger partial charge is 0.0659 e. The van der Waals surface area contributed by atoms with E-state index in [-0.39, 0.29) is 0 Å². The van der Waals surface area contributed by atoms with Crippen LogP contribution in [0.15, 0.2) is 115 Å². The third-order valence-electron chi connectivity index (χ3n) is 7.19. The molecule has 0 saturated carbocycles. The van der Waals surface area contributed by atoms with Gasteiger partial charge in [-0.15, -0.1) is 0 Å². The van der Waals surface area contributed by atoms with E-state index < -0.39 is 0 Å². The van der Waals surface area contributed by atoms with Gasteiger partial charge in [0.05, 0.1) is 22.8 Å². The van der Waals surface area contributed by atoms with Gasteiger partial charge in [-0.25, -0.2) is 9.97 Å². The molecule has 4 nitrogen and oxygen atoms in total. The van der Waals surface area contributed by atoms with Gasteiger partial charge in [0.25, 0.3) is 0 Å². The zero-order chi connectivity index (χ0) is 27.6. The zero-order valence-corrected chi connectivity index (χ0v) is 22.7. The lowest BCUT2D eigenvalue weighted by molar-refractivity contribution is 1.28. The molecule has 0 amide bonds. The fourth-order valence-electron chi connectivity index (χ4n) is 5.24. The Morgan fingerprint density at radius 2 is 1.10 bits per heavy atom. The summed E-state index contributed by atoms with van der Waals surface area (Å²) >= 11 is 0. The monoisotopic (exact) mass is 528 g/mol. The Morgan fingerprint density at radius 3 is 1.83 bits per heavy atom. The first kappa shape index (κ1) is 24.6. The van der Waals surface area contributed by atoms with E-state index >= 15 is 0 Å². The second-order valence-electron chi connectivity index (χ2n) is 10.3. The Balaban J connectivity index is 0.000000348. The van der Waals surface area contributed by atoms with E-state index in [1.54, 1.807) is 0 Å². The van der Waals surface area contributed by atoms with Gasteiger partial charge in [-0.1, -0.05) is 78.4 Å². The van der Waals surface area contributed by atoms with Gasteiger partial charge in [-0.05, 0) is 90.0 Å². The molecule has 0 aliphatic carbocycles. The first-order chi connectivity index (χ1) is 20.2. The lowest BCUT2D eigenvalue weighted by Gasteiger charge is -2.05. The molecule has 8 bridgehead atoms. The van der Waals surface area contributed by atoms with Gasteiger partial charge < -0.3 is 9.97 Å². The summed E-state index contributed by atoms with van der Waals surface area (Å²) in [5.41, 5.74) is 11.4. The van der Waals surface area contributed by atoms with Crippen LogP contribution in [0.5, 0.6) is 0 Å². The fraction of sp³-hybridized carbons (Fsp3) is 0.0270. The van der Waals surface area contributed by atoms with Crippen LogP contribution in [0.2, 0.25) is 0 Å². The second kappa shape index (κ2) is 10.6. The number of fused-ring (bicyclic) bond motifs is 9. The van der Waals surface area contributed by atoms with Gasteiger partial charge in [0.2, 0.25) is 0 Å². The largest absolute Gasteiger partial charge is 0.355 e. The molecule has 6 aromatic rings. The third-order valence-corrected chi connectivity index (χ3v) is 7.19. The molecule has 5 heterocycles. The van der Waals surface area contributed by atoms with Crippen molar-refractivity contribution in [2.45, 2.75) is 6.92 Å². The fourth-order valence-corrected chi connectivity index (χ4v) is 5.24. The van der Waals surface area contributed by atoms with Crippen LogP contribution in [-0.4, -0.2) is 19.9 Å². The van der Waals surface area contributed by atoms with Gasteiger partial charge in [0, 0.05) is 27.6 Å². The minimum Gasteiger partial charge on any atom is -0.355 e. The summed E-state index contributed by atoms with van der Waals surface area (Å²) in [5, 5.41) is 2.46. The molecule has 2 aliphatic rings. The highest BCUT2D eigenvalue weighted by Gasteiger charge is 2.09. The minimum atomic E-state index is 0.898. The Kier molecular flexibility index (Phi) is 6.34. The number of hydrogen-bond donors (Lipinski definition) is 2. The Bertz CT molecular complexity index is 2110. The van der Waals surface area contributed by atoms with Crippen molar-refractivity contribution < 1.29 is 0 Å². The van der Waals surface area contributed by atoms with Crippen molar-refractivity contribution in [2.75, 3.05) is 0 Å². The summed E-state index contributed by atoms with van der Waals surface area (Å²) in [6.45, 7) is 2.08. The summed E-state index contributed by atoms with van der Waals surface area (Å²) in [7, 11) is 0. The molecule has 2 N–H and O–H groups in total. The van der Waals surface area contributed by atoms with Crippen LogP contribution in [0.4, 0.5) is 0 Å². The van der Waals surface area contributed by atoms with E-state index in [1.165, 1.54) is 21.9 Å². The van der Waals surface area contributed by atoms with Gasteiger partial charge in [0.15, 0.2) is 0 Å². The number of rotatable bonds is 1.